The highest BCUT2D eigenvalue weighted by Crippen LogP contribution is 2.33. The number of ketones is 1. The van der Waals surface area contributed by atoms with Crippen LogP contribution in [-0.4, -0.2) is 20.0 Å². The first-order chi connectivity index (χ1) is 14.0. The second-order valence-corrected chi connectivity index (χ2v) is 7.25. The fraction of sp³-hybridized carbons (Fsp3) is 0.208. The Bertz CT molecular complexity index is 968. The van der Waals surface area contributed by atoms with E-state index >= 15 is 0 Å². The Balaban J connectivity index is 1.91. The molecule has 1 unspecified atom stereocenters. The van der Waals surface area contributed by atoms with Crippen LogP contribution in [-0.2, 0) is 0 Å². The summed E-state index contributed by atoms with van der Waals surface area (Å²) in [5.41, 5.74) is 3.69. The van der Waals surface area contributed by atoms with E-state index in [2.05, 4.69) is 5.32 Å². The van der Waals surface area contributed by atoms with Gasteiger partial charge < -0.3 is 14.8 Å². The molecule has 1 N–H and O–H groups in total. The Morgan fingerprint density at radius 2 is 1.59 bits per heavy atom. The topological polar surface area (TPSA) is 47.6 Å². The zero-order valence-corrected chi connectivity index (χ0v) is 17.5. The van der Waals surface area contributed by atoms with Crippen molar-refractivity contribution in [2.75, 3.05) is 19.5 Å². The van der Waals surface area contributed by atoms with E-state index in [1.165, 1.54) is 5.56 Å². The molecule has 0 aliphatic carbocycles. The van der Waals surface area contributed by atoms with Gasteiger partial charge in [-0.2, -0.15) is 0 Å². The zero-order valence-electron chi connectivity index (χ0n) is 16.7. The Labute approximate surface area is 176 Å². The first-order valence-corrected chi connectivity index (χ1v) is 9.72. The molecule has 0 bridgehead atoms. The molecule has 4 nitrogen and oxygen atoms in total. The van der Waals surface area contributed by atoms with E-state index in [9.17, 15) is 4.79 Å². The lowest BCUT2D eigenvalue weighted by atomic mass is 9.97. The molecule has 150 valence electrons. The Morgan fingerprint density at radius 3 is 2.21 bits per heavy atom. The number of carbonyl (C=O) groups is 1. The van der Waals surface area contributed by atoms with E-state index in [1.54, 1.807) is 38.5 Å². The molecule has 29 heavy (non-hydrogen) atoms. The second-order valence-electron chi connectivity index (χ2n) is 6.81. The van der Waals surface area contributed by atoms with Gasteiger partial charge in [0.05, 0.1) is 20.3 Å². The minimum Gasteiger partial charge on any atom is -0.493 e. The number of rotatable bonds is 8. The lowest BCUT2D eigenvalue weighted by molar-refractivity contribution is 0.0976. The van der Waals surface area contributed by atoms with E-state index in [-0.39, 0.29) is 18.2 Å². The first kappa shape index (κ1) is 20.7. The molecule has 0 fully saturated rings. The van der Waals surface area contributed by atoms with Crippen molar-refractivity contribution in [3.05, 3.63) is 88.4 Å². The molecule has 3 aromatic rings. The molecule has 0 spiro atoms. The highest BCUT2D eigenvalue weighted by molar-refractivity contribution is 6.30. The number of Topliss-reactive ketones (excluding diaryl/α,β-unsaturated/α-hetero) is 1. The number of ether oxygens (including phenoxy) is 2. The maximum absolute atomic E-state index is 12.9. The van der Waals surface area contributed by atoms with E-state index in [0.717, 1.165) is 11.3 Å². The monoisotopic (exact) mass is 409 g/mol. The summed E-state index contributed by atoms with van der Waals surface area (Å²) >= 11 is 5.95. The van der Waals surface area contributed by atoms with E-state index in [1.807, 2.05) is 49.4 Å². The Kier molecular flexibility index (Phi) is 6.78. The van der Waals surface area contributed by atoms with Gasteiger partial charge in [-0.3, -0.25) is 4.79 Å². The molecule has 1 atom stereocenters. The van der Waals surface area contributed by atoms with Crippen LogP contribution < -0.4 is 14.8 Å². The maximum atomic E-state index is 12.9. The maximum Gasteiger partial charge on any atom is 0.165 e. The number of carbonyl (C=O) groups excluding carboxylic acids is 1. The molecule has 0 heterocycles. The summed E-state index contributed by atoms with van der Waals surface area (Å²) in [4.78, 5) is 12.9. The van der Waals surface area contributed by atoms with E-state index in [0.29, 0.717) is 22.1 Å². The number of anilines is 1. The average molecular weight is 410 g/mol. The molecule has 0 aliphatic heterocycles. The van der Waals surface area contributed by atoms with Crippen LogP contribution >= 0.6 is 11.6 Å². The molecule has 0 saturated heterocycles. The zero-order chi connectivity index (χ0) is 20.8. The molecule has 5 heteroatoms. The van der Waals surface area contributed by atoms with Crippen molar-refractivity contribution in [2.45, 2.75) is 19.4 Å². The highest BCUT2D eigenvalue weighted by atomic mass is 35.5. The minimum absolute atomic E-state index is 0.0288. The third-order valence-corrected chi connectivity index (χ3v) is 5.01. The quantitative estimate of drug-likeness (QED) is 0.457. The van der Waals surface area contributed by atoms with Crippen molar-refractivity contribution in [1.29, 1.82) is 0 Å². The van der Waals surface area contributed by atoms with Crippen molar-refractivity contribution < 1.29 is 14.3 Å². The summed E-state index contributed by atoms with van der Waals surface area (Å²) in [5, 5.41) is 4.09. The van der Waals surface area contributed by atoms with Gasteiger partial charge in [-0.15, -0.1) is 0 Å². The Hall–Kier alpha value is -2.98. The molecule has 0 saturated carbocycles. The number of hydrogen-bond acceptors (Lipinski definition) is 4. The van der Waals surface area contributed by atoms with Crippen molar-refractivity contribution >= 4 is 23.1 Å². The second kappa shape index (κ2) is 9.48. The lowest BCUT2D eigenvalue weighted by Gasteiger charge is -2.21. The predicted molar refractivity (Wildman–Crippen MR) is 117 cm³/mol. The van der Waals surface area contributed by atoms with E-state index < -0.39 is 0 Å². The van der Waals surface area contributed by atoms with Crippen LogP contribution in [0.15, 0.2) is 66.7 Å². The SMILES string of the molecule is COc1ccc(C(CC(=O)c2ccc(Cl)cc2)Nc2ccc(C)cc2)cc1OC. The number of halogens is 1. The van der Waals surface area contributed by atoms with Crippen LogP contribution in [0.1, 0.15) is 33.9 Å². The van der Waals surface area contributed by atoms with Crippen molar-refractivity contribution in [3.63, 3.8) is 0 Å². The third-order valence-electron chi connectivity index (χ3n) is 4.76. The van der Waals surface area contributed by atoms with E-state index in [4.69, 9.17) is 21.1 Å². The summed E-state index contributed by atoms with van der Waals surface area (Å²) in [6, 6.07) is 20.5. The fourth-order valence-corrected chi connectivity index (χ4v) is 3.24. The van der Waals surface area contributed by atoms with Gasteiger partial charge in [0.15, 0.2) is 17.3 Å². The molecule has 0 aliphatic rings. The number of methoxy groups -OCH3 is 2. The molecule has 3 rings (SSSR count). The number of benzene rings is 3. The molecule has 3 aromatic carbocycles. The average Bonchev–Trinajstić information content (AvgIpc) is 2.74. The molecule has 0 aromatic heterocycles. The number of aryl methyl sites for hydroxylation is 1. The highest BCUT2D eigenvalue weighted by Gasteiger charge is 2.19. The summed E-state index contributed by atoms with van der Waals surface area (Å²) in [6.45, 7) is 2.04. The predicted octanol–water partition coefficient (Wildman–Crippen LogP) is 6.09. The van der Waals surface area contributed by atoms with Crippen molar-refractivity contribution in [1.82, 2.24) is 0 Å². The summed E-state index contributed by atoms with van der Waals surface area (Å²) in [6.07, 6.45) is 0.283. The largest absolute Gasteiger partial charge is 0.493 e. The van der Waals surface area contributed by atoms with Crippen LogP contribution in [0.4, 0.5) is 5.69 Å². The van der Waals surface area contributed by atoms with Gasteiger partial charge in [0.1, 0.15) is 0 Å². The Morgan fingerprint density at radius 1 is 0.931 bits per heavy atom. The van der Waals surface area contributed by atoms with Gasteiger partial charge in [0.2, 0.25) is 0 Å². The van der Waals surface area contributed by atoms with Crippen molar-refractivity contribution in [3.8, 4) is 11.5 Å². The van der Waals surface area contributed by atoms with Crippen LogP contribution in [0.2, 0.25) is 5.02 Å². The molecular weight excluding hydrogens is 386 g/mol. The van der Waals surface area contributed by atoms with Gasteiger partial charge in [0, 0.05) is 22.7 Å². The molecular formula is C24H24ClNO3. The standard InChI is InChI=1S/C24H24ClNO3/c1-16-4-11-20(12-5-16)26-21(15-22(27)17-6-9-19(25)10-7-17)18-8-13-23(28-2)24(14-18)29-3/h4-14,21,26H,15H2,1-3H3. The van der Waals surface area contributed by atoms with Crippen LogP contribution in [0.25, 0.3) is 0 Å². The normalized spacial score (nSPS) is 11.6. The van der Waals surface area contributed by atoms with Gasteiger partial charge in [-0.1, -0.05) is 35.4 Å². The van der Waals surface area contributed by atoms with Gasteiger partial charge in [0.25, 0.3) is 0 Å². The smallest absolute Gasteiger partial charge is 0.165 e. The van der Waals surface area contributed by atoms with Crippen LogP contribution in [0, 0.1) is 6.92 Å². The van der Waals surface area contributed by atoms with Crippen molar-refractivity contribution in [2.24, 2.45) is 0 Å². The fourth-order valence-electron chi connectivity index (χ4n) is 3.11. The molecule has 0 amide bonds. The summed E-state index contributed by atoms with van der Waals surface area (Å²) in [7, 11) is 3.20. The lowest BCUT2D eigenvalue weighted by Crippen LogP contribution is -2.16. The van der Waals surface area contributed by atoms with Gasteiger partial charge in [-0.25, -0.2) is 0 Å². The number of hydrogen-bond donors (Lipinski definition) is 1. The third kappa shape index (κ3) is 5.30. The van der Waals surface area contributed by atoms with Crippen LogP contribution in [0.5, 0.6) is 11.5 Å². The number of nitrogens with one attached hydrogen (secondary N) is 1. The minimum atomic E-state index is -0.235. The van der Waals surface area contributed by atoms with Gasteiger partial charge in [-0.05, 0) is 61.0 Å². The van der Waals surface area contributed by atoms with Gasteiger partial charge >= 0.3 is 0 Å². The first-order valence-electron chi connectivity index (χ1n) is 9.34. The van der Waals surface area contributed by atoms with Crippen LogP contribution in [0.3, 0.4) is 0 Å². The summed E-state index contributed by atoms with van der Waals surface area (Å²) < 4.78 is 10.8. The summed E-state index contributed by atoms with van der Waals surface area (Å²) in [5.74, 6) is 1.30. The molecule has 0 radical (unpaired) electrons.